The number of aryl methyl sites for hydroxylation is 1. The second-order valence-corrected chi connectivity index (χ2v) is 3.16. The summed E-state index contributed by atoms with van der Waals surface area (Å²) in [6, 6.07) is 4.66. The van der Waals surface area contributed by atoms with Crippen LogP contribution >= 0.6 is 0 Å². The first-order valence-corrected chi connectivity index (χ1v) is 4.28. The van der Waals surface area contributed by atoms with Gasteiger partial charge in [0, 0.05) is 6.04 Å². The lowest BCUT2D eigenvalue weighted by molar-refractivity contribution is 0.0695. The number of benzene rings is 1. The van der Waals surface area contributed by atoms with Crippen LogP contribution in [0.25, 0.3) is 0 Å². The van der Waals surface area contributed by atoms with E-state index in [1.54, 1.807) is 18.2 Å². The van der Waals surface area contributed by atoms with Crippen LogP contribution in [0, 0.1) is 6.92 Å². The molecule has 1 aromatic carbocycles. The number of carboxylic acid groups (broad SMARTS) is 1. The average molecular weight is 191 g/mol. The van der Waals surface area contributed by atoms with Gasteiger partial charge in [-0.1, -0.05) is 23.8 Å². The fourth-order valence-corrected chi connectivity index (χ4v) is 1.28. The zero-order valence-corrected chi connectivity index (χ0v) is 8.03. The molecule has 1 atom stereocenters. The third-order valence-corrected chi connectivity index (χ3v) is 2.05. The quantitative estimate of drug-likeness (QED) is 0.717. The molecule has 0 fully saturated rings. The van der Waals surface area contributed by atoms with Crippen LogP contribution in [0.2, 0.25) is 0 Å². The van der Waals surface area contributed by atoms with Crippen LogP contribution in [0.3, 0.4) is 0 Å². The molecule has 3 N–H and O–H groups in total. The van der Waals surface area contributed by atoms with Gasteiger partial charge in [-0.15, -0.1) is 6.58 Å². The first-order valence-electron chi connectivity index (χ1n) is 4.28. The Morgan fingerprint density at radius 1 is 1.64 bits per heavy atom. The van der Waals surface area contributed by atoms with Crippen LogP contribution in [0.5, 0.6) is 0 Å². The second-order valence-electron chi connectivity index (χ2n) is 3.16. The smallest absolute Gasteiger partial charge is 0.336 e. The van der Waals surface area contributed by atoms with Crippen LogP contribution in [0.4, 0.5) is 0 Å². The predicted molar refractivity (Wildman–Crippen MR) is 55.3 cm³/mol. The van der Waals surface area contributed by atoms with Gasteiger partial charge in [-0.3, -0.25) is 0 Å². The number of aromatic carboxylic acids is 1. The first-order chi connectivity index (χ1) is 6.56. The van der Waals surface area contributed by atoms with Gasteiger partial charge in [0.15, 0.2) is 0 Å². The molecule has 1 rings (SSSR count). The minimum Gasteiger partial charge on any atom is -0.478 e. The fraction of sp³-hybridized carbons (Fsp3) is 0.182. The van der Waals surface area contributed by atoms with E-state index < -0.39 is 12.0 Å². The summed E-state index contributed by atoms with van der Waals surface area (Å²) in [5.41, 5.74) is 7.55. The van der Waals surface area contributed by atoms with E-state index in [9.17, 15) is 4.79 Å². The van der Waals surface area contributed by atoms with Gasteiger partial charge in [-0.05, 0) is 18.6 Å². The predicted octanol–water partition coefficient (Wildman–Crippen LogP) is 1.88. The Hall–Kier alpha value is -1.61. The molecule has 0 heterocycles. The van der Waals surface area contributed by atoms with Crippen LogP contribution in [0.15, 0.2) is 30.9 Å². The second kappa shape index (κ2) is 4.07. The molecule has 3 nitrogen and oxygen atoms in total. The van der Waals surface area contributed by atoms with Crippen LogP contribution in [0.1, 0.15) is 27.5 Å². The SMILES string of the molecule is C=C[C@H](N)c1cc(C)ccc1C(=O)O. The van der Waals surface area contributed by atoms with Gasteiger partial charge in [0.1, 0.15) is 0 Å². The molecule has 0 unspecified atom stereocenters. The van der Waals surface area contributed by atoms with Crippen LogP contribution in [-0.4, -0.2) is 11.1 Å². The van der Waals surface area contributed by atoms with Gasteiger partial charge in [-0.2, -0.15) is 0 Å². The summed E-state index contributed by atoms with van der Waals surface area (Å²) in [7, 11) is 0. The van der Waals surface area contributed by atoms with Gasteiger partial charge in [0.2, 0.25) is 0 Å². The molecule has 0 aliphatic rings. The molecular weight excluding hydrogens is 178 g/mol. The van der Waals surface area contributed by atoms with Crippen molar-refractivity contribution in [3.63, 3.8) is 0 Å². The lowest BCUT2D eigenvalue weighted by Crippen LogP contribution is -2.12. The highest BCUT2D eigenvalue weighted by Crippen LogP contribution is 2.18. The molecule has 14 heavy (non-hydrogen) atoms. The Morgan fingerprint density at radius 2 is 2.29 bits per heavy atom. The Kier molecular flexibility index (Phi) is 3.04. The summed E-state index contributed by atoms with van der Waals surface area (Å²) in [5, 5.41) is 8.91. The van der Waals surface area contributed by atoms with Crippen LogP contribution < -0.4 is 5.73 Å². The highest BCUT2D eigenvalue weighted by molar-refractivity contribution is 5.89. The molecule has 3 heteroatoms. The standard InChI is InChI=1S/C11H13NO2/c1-3-10(12)9-6-7(2)4-5-8(9)11(13)14/h3-6,10H,1,12H2,2H3,(H,13,14)/t10-/m0/s1. The summed E-state index contributed by atoms with van der Waals surface area (Å²) < 4.78 is 0. The van der Waals surface area contributed by atoms with Gasteiger partial charge in [0.05, 0.1) is 5.56 Å². The van der Waals surface area contributed by atoms with Crippen molar-refractivity contribution in [2.75, 3.05) is 0 Å². The lowest BCUT2D eigenvalue weighted by atomic mass is 9.98. The summed E-state index contributed by atoms with van der Waals surface area (Å²) >= 11 is 0. The fourth-order valence-electron chi connectivity index (χ4n) is 1.28. The number of carbonyl (C=O) groups is 1. The zero-order valence-electron chi connectivity index (χ0n) is 8.03. The third-order valence-electron chi connectivity index (χ3n) is 2.05. The summed E-state index contributed by atoms with van der Waals surface area (Å²) in [5.74, 6) is -0.961. The van der Waals surface area contributed by atoms with E-state index in [1.165, 1.54) is 6.08 Å². The van der Waals surface area contributed by atoms with Crippen molar-refractivity contribution in [1.29, 1.82) is 0 Å². The highest BCUT2D eigenvalue weighted by atomic mass is 16.4. The Morgan fingerprint density at radius 3 is 2.79 bits per heavy atom. The normalized spacial score (nSPS) is 12.1. The molecule has 74 valence electrons. The van der Waals surface area contributed by atoms with E-state index in [4.69, 9.17) is 10.8 Å². The highest BCUT2D eigenvalue weighted by Gasteiger charge is 2.13. The van der Waals surface area contributed by atoms with Crippen molar-refractivity contribution in [1.82, 2.24) is 0 Å². The molecule has 0 saturated carbocycles. The molecule has 0 spiro atoms. The number of hydrogen-bond donors (Lipinski definition) is 2. The molecule has 0 aliphatic heterocycles. The van der Waals surface area contributed by atoms with Crippen molar-refractivity contribution in [2.45, 2.75) is 13.0 Å². The summed E-state index contributed by atoms with van der Waals surface area (Å²) in [4.78, 5) is 10.9. The number of carboxylic acids is 1. The van der Waals surface area contributed by atoms with Gasteiger partial charge < -0.3 is 10.8 Å². The average Bonchev–Trinajstić information content (AvgIpc) is 2.16. The van der Waals surface area contributed by atoms with Crippen molar-refractivity contribution >= 4 is 5.97 Å². The minimum atomic E-state index is -0.961. The molecule has 0 radical (unpaired) electrons. The number of nitrogens with two attached hydrogens (primary N) is 1. The van der Waals surface area contributed by atoms with Gasteiger partial charge in [-0.25, -0.2) is 4.79 Å². The van der Waals surface area contributed by atoms with E-state index in [0.717, 1.165) is 5.56 Å². The monoisotopic (exact) mass is 191 g/mol. The number of hydrogen-bond acceptors (Lipinski definition) is 2. The molecule has 0 aliphatic carbocycles. The van der Waals surface area contributed by atoms with E-state index >= 15 is 0 Å². The van der Waals surface area contributed by atoms with Gasteiger partial charge in [0.25, 0.3) is 0 Å². The van der Waals surface area contributed by atoms with E-state index in [-0.39, 0.29) is 5.56 Å². The van der Waals surface area contributed by atoms with Gasteiger partial charge >= 0.3 is 5.97 Å². The minimum absolute atomic E-state index is 0.239. The molecule has 0 aromatic heterocycles. The third kappa shape index (κ3) is 2.00. The molecule has 1 aromatic rings. The van der Waals surface area contributed by atoms with E-state index in [1.807, 2.05) is 6.92 Å². The van der Waals surface area contributed by atoms with Crippen molar-refractivity contribution in [3.05, 3.63) is 47.5 Å². The van der Waals surface area contributed by atoms with Crippen LogP contribution in [-0.2, 0) is 0 Å². The number of rotatable bonds is 3. The van der Waals surface area contributed by atoms with Crippen molar-refractivity contribution < 1.29 is 9.90 Å². The van der Waals surface area contributed by atoms with E-state index in [2.05, 4.69) is 6.58 Å². The topological polar surface area (TPSA) is 63.3 Å². The van der Waals surface area contributed by atoms with Crippen molar-refractivity contribution in [2.24, 2.45) is 5.73 Å². The molecule has 0 amide bonds. The van der Waals surface area contributed by atoms with Crippen molar-refractivity contribution in [3.8, 4) is 0 Å². The Balaban J connectivity index is 3.29. The van der Waals surface area contributed by atoms with E-state index in [0.29, 0.717) is 5.56 Å². The molecular formula is C11H13NO2. The molecule has 0 bridgehead atoms. The maximum Gasteiger partial charge on any atom is 0.336 e. The Labute approximate surface area is 82.9 Å². The maximum absolute atomic E-state index is 10.9. The Bertz CT molecular complexity index is 372. The molecule has 0 saturated heterocycles. The first kappa shape index (κ1) is 10.5. The maximum atomic E-state index is 10.9. The summed E-state index contributed by atoms with van der Waals surface area (Å²) in [6.07, 6.45) is 1.53. The largest absolute Gasteiger partial charge is 0.478 e. The zero-order chi connectivity index (χ0) is 10.7. The lowest BCUT2D eigenvalue weighted by Gasteiger charge is -2.11. The summed E-state index contributed by atoms with van der Waals surface area (Å²) in [6.45, 7) is 5.44.